The second-order valence-corrected chi connectivity index (χ2v) is 7.91. The zero-order chi connectivity index (χ0) is 20.7. The van der Waals surface area contributed by atoms with E-state index in [1.54, 1.807) is 4.90 Å². The number of benzene rings is 1. The Labute approximate surface area is 165 Å². The molecule has 2 amide bonds. The van der Waals surface area contributed by atoms with Crippen LogP contribution in [0.1, 0.15) is 44.9 Å². The lowest BCUT2D eigenvalue weighted by Gasteiger charge is -2.41. The van der Waals surface area contributed by atoms with E-state index in [4.69, 9.17) is 0 Å². The molecule has 1 saturated heterocycles. The van der Waals surface area contributed by atoms with Crippen LogP contribution in [0.15, 0.2) is 11.2 Å². The van der Waals surface area contributed by atoms with Crippen LogP contribution in [-0.2, 0) is 9.59 Å². The van der Waals surface area contributed by atoms with Crippen molar-refractivity contribution in [2.75, 3.05) is 18.1 Å². The quantitative estimate of drug-likeness (QED) is 0.550. The number of hydrogen-bond acceptors (Lipinski definition) is 3. The normalized spacial score (nSPS) is 25.0. The van der Waals surface area contributed by atoms with Crippen molar-refractivity contribution in [2.24, 2.45) is 16.9 Å². The van der Waals surface area contributed by atoms with E-state index in [1.807, 2.05) is 0 Å². The SMILES string of the molecule is O=C(C1=NN(c2c(F)c(F)cc(F)c2F)C(=O)CC1)N1CC[C@H]2CCCC[C@H]2C1. The fourth-order valence-electron chi connectivity index (χ4n) is 4.60. The maximum atomic E-state index is 14.1. The van der Waals surface area contributed by atoms with Crippen LogP contribution in [0.4, 0.5) is 23.2 Å². The number of hydrazone groups is 1. The molecule has 0 radical (unpaired) electrons. The van der Waals surface area contributed by atoms with Crippen LogP contribution in [0.25, 0.3) is 0 Å². The molecule has 156 valence electrons. The standard InChI is InChI=1S/C20H21F4N3O2/c21-13-9-14(22)18(24)19(17(13)23)27-16(28)6-5-15(25-27)20(29)26-8-7-11-3-1-2-4-12(11)10-26/h9,11-12H,1-8,10H2/t11-,12+/m1/s1. The molecule has 0 spiro atoms. The molecule has 2 heterocycles. The molecule has 2 aliphatic heterocycles. The van der Waals surface area contributed by atoms with Crippen molar-refractivity contribution in [3.05, 3.63) is 29.3 Å². The Balaban J connectivity index is 1.61. The summed E-state index contributed by atoms with van der Waals surface area (Å²) in [6, 6.07) is 0.0622. The van der Waals surface area contributed by atoms with Gasteiger partial charge in [0.05, 0.1) is 0 Å². The Bertz CT molecular complexity index is 863. The fraction of sp³-hybridized carbons (Fsp3) is 0.550. The molecule has 2 fully saturated rings. The number of anilines is 1. The van der Waals surface area contributed by atoms with Gasteiger partial charge in [-0.3, -0.25) is 9.59 Å². The molecule has 9 heteroatoms. The third-order valence-corrected chi connectivity index (χ3v) is 6.16. The summed E-state index contributed by atoms with van der Waals surface area (Å²) < 4.78 is 55.4. The molecule has 3 aliphatic rings. The number of fused-ring (bicyclic) bond motifs is 1. The summed E-state index contributed by atoms with van der Waals surface area (Å²) >= 11 is 0. The molecule has 0 unspecified atom stereocenters. The Kier molecular flexibility index (Phi) is 5.31. The lowest BCUT2D eigenvalue weighted by molar-refractivity contribution is -0.127. The van der Waals surface area contributed by atoms with Crippen LogP contribution in [0.5, 0.6) is 0 Å². The van der Waals surface area contributed by atoms with Crippen molar-refractivity contribution in [1.82, 2.24) is 4.90 Å². The smallest absolute Gasteiger partial charge is 0.270 e. The monoisotopic (exact) mass is 411 g/mol. The molecule has 1 aromatic rings. The highest BCUT2D eigenvalue weighted by Gasteiger charge is 2.37. The van der Waals surface area contributed by atoms with Gasteiger partial charge < -0.3 is 4.90 Å². The summed E-state index contributed by atoms with van der Waals surface area (Å²) in [6.45, 7) is 1.15. The van der Waals surface area contributed by atoms with Gasteiger partial charge in [-0.05, 0) is 24.7 Å². The number of carbonyl (C=O) groups is 2. The van der Waals surface area contributed by atoms with Crippen LogP contribution in [0.2, 0.25) is 0 Å². The second kappa shape index (κ2) is 7.76. The summed E-state index contributed by atoms with van der Waals surface area (Å²) in [7, 11) is 0. The molecule has 0 aromatic heterocycles. The summed E-state index contributed by atoms with van der Waals surface area (Å²) in [5.74, 6) is -6.93. The van der Waals surface area contributed by atoms with E-state index < -0.39 is 40.8 Å². The van der Waals surface area contributed by atoms with Crippen LogP contribution in [0.3, 0.4) is 0 Å². The van der Waals surface area contributed by atoms with E-state index in [2.05, 4.69) is 5.10 Å². The number of rotatable bonds is 2. The van der Waals surface area contributed by atoms with E-state index >= 15 is 0 Å². The van der Waals surface area contributed by atoms with E-state index in [0.29, 0.717) is 24.9 Å². The van der Waals surface area contributed by atoms with Gasteiger partial charge in [0.2, 0.25) is 5.91 Å². The van der Waals surface area contributed by atoms with Gasteiger partial charge in [-0.25, -0.2) is 17.6 Å². The van der Waals surface area contributed by atoms with E-state index in [9.17, 15) is 27.2 Å². The first-order valence-electron chi connectivity index (χ1n) is 9.89. The molecule has 1 saturated carbocycles. The lowest BCUT2D eigenvalue weighted by atomic mass is 9.75. The Morgan fingerprint density at radius 1 is 0.966 bits per heavy atom. The zero-order valence-corrected chi connectivity index (χ0v) is 15.8. The minimum Gasteiger partial charge on any atom is -0.337 e. The van der Waals surface area contributed by atoms with Gasteiger partial charge in [-0.2, -0.15) is 10.1 Å². The number of carbonyl (C=O) groups excluding carboxylic acids is 2. The minimum atomic E-state index is -1.72. The number of nitrogens with zero attached hydrogens (tertiary/aromatic N) is 3. The summed E-state index contributed by atoms with van der Waals surface area (Å²) in [6.07, 6.45) is 5.24. The maximum absolute atomic E-state index is 14.1. The first-order valence-corrected chi connectivity index (χ1v) is 9.89. The van der Waals surface area contributed by atoms with Gasteiger partial charge >= 0.3 is 0 Å². The van der Waals surface area contributed by atoms with E-state index in [1.165, 1.54) is 12.8 Å². The lowest BCUT2D eigenvalue weighted by Crippen LogP contribution is -2.48. The molecular formula is C20H21F4N3O2. The highest BCUT2D eigenvalue weighted by molar-refractivity contribution is 6.40. The third-order valence-electron chi connectivity index (χ3n) is 6.16. The summed E-state index contributed by atoms with van der Waals surface area (Å²) in [4.78, 5) is 26.8. The highest BCUT2D eigenvalue weighted by atomic mass is 19.2. The zero-order valence-electron chi connectivity index (χ0n) is 15.8. The number of amides is 2. The van der Waals surface area contributed by atoms with Crippen LogP contribution in [-0.4, -0.2) is 35.5 Å². The van der Waals surface area contributed by atoms with Crippen molar-refractivity contribution in [3.8, 4) is 0 Å². The molecule has 0 N–H and O–H groups in total. The van der Waals surface area contributed by atoms with E-state index in [0.717, 1.165) is 19.3 Å². The predicted molar refractivity (Wildman–Crippen MR) is 97.1 cm³/mol. The molecule has 5 nitrogen and oxygen atoms in total. The van der Waals surface area contributed by atoms with Crippen LogP contribution in [0, 0.1) is 35.1 Å². The molecule has 1 aromatic carbocycles. The van der Waals surface area contributed by atoms with Crippen molar-refractivity contribution in [1.29, 1.82) is 0 Å². The van der Waals surface area contributed by atoms with Crippen molar-refractivity contribution < 1.29 is 27.2 Å². The first kappa shape index (κ1) is 19.8. The molecule has 4 rings (SSSR count). The van der Waals surface area contributed by atoms with Crippen LogP contribution >= 0.6 is 0 Å². The van der Waals surface area contributed by atoms with Crippen molar-refractivity contribution in [3.63, 3.8) is 0 Å². The maximum Gasteiger partial charge on any atom is 0.270 e. The Hall–Kier alpha value is -2.45. The van der Waals surface area contributed by atoms with Gasteiger partial charge in [0, 0.05) is 32.0 Å². The largest absolute Gasteiger partial charge is 0.337 e. The highest BCUT2D eigenvalue weighted by Crippen LogP contribution is 2.36. The Morgan fingerprint density at radius 2 is 1.62 bits per heavy atom. The van der Waals surface area contributed by atoms with Gasteiger partial charge in [-0.1, -0.05) is 19.3 Å². The molecule has 1 aliphatic carbocycles. The number of hydrogen-bond donors (Lipinski definition) is 0. The summed E-state index contributed by atoms with van der Waals surface area (Å²) in [5.41, 5.74) is -1.27. The molecule has 2 atom stereocenters. The fourth-order valence-corrected chi connectivity index (χ4v) is 4.60. The van der Waals surface area contributed by atoms with Gasteiger partial charge in [0.15, 0.2) is 23.3 Å². The predicted octanol–water partition coefficient (Wildman–Crippen LogP) is 3.76. The summed E-state index contributed by atoms with van der Waals surface area (Å²) in [5, 5.41) is 4.09. The topological polar surface area (TPSA) is 53.0 Å². The molecule has 29 heavy (non-hydrogen) atoms. The van der Waals surface area contributed by atoms with Crippen LogP contribution < -0.4 is 5.01 Å². The number of piperidine rings is 1. The average Bonchev–Trinajstić information content (AvgIpc) is 2.73. The van der Waals surface area contributed by atoms with Crippen molar-refractivity contribution >= 4 is 23.2 Å². The Morgan fingerprint density at radius 3 is 2.31 bits per heavy atom. The van der Waals surface area contributed by atoms with Gasteiger partial charge in [-0.15, -0.1) is 0 Å². The average molecular weight is 411 g/mol. The van der Waals surface area contributed by atoms with Crippen molar-refractivity contribution in [2.45, 2.75) is 44.9 Å². The first-order chi connectivity index (χ1) is 13.9. The molecular weight excluding hydrogens is 390 g/mol. The molecule has 0 bridgehead atoms. The van der Waals surface area contributed by atoms with E-state index in [-0.39, 0.29) is 29.6 Å². The minimum absolute atomic E-state index is 0.0137. The second-order valence-electron chi connectivity index (χ2n) is 7.91. The number of likely N-dealkylation sites (tertiary alicyclic amines) is 1. The number of halogens is 4. The third kappa shape index (κ3) is 3.62. The van der Waals surface area contributed by atoms with Gasteiger partial charge in [0.25, 0.3) is 5.91 Å². The van der Waals surface area contributed by atoms with Gasteiger partial charge in [0.1, 0.15) is 11.4 Å².